The van der Waals surface area contributed by atoms with Crippen LogP contribution in [0.1, 0.15) is 0 Å². The quantitative estimate of drug-likeness (QED) is 0.151. The molecule has 0 aliphatic carbocycles. The van der Waals surface area contributed by atoms with E-state index in [4.69, 9.17) is 0 Å². The third kappa shape index (κ3) is 6.96. The van der Waals surface area contributed by atoms with E-state index >= 15 is 0 Å². The topological polar surface area (TPSA) is 9.86 Å². The van der Waals surface area contributed by atoms with Gasteiger partial charge in [-0.1, -0.05) is 194 Å². The van der Waals surface area contributed by atoms with E-state index in [0.717, 1.165) is 11.4 Å². The Labute approximate surface area is 469 Å². The molecule has 80 heavy (non-hydrogen) atoms. The van der Waals surface area contributed by atoms with Gasteiger partial charge < -0.3 is 9.13 Å². The molecule has 0 N–H and O–H groups in total. The Bertz CT molecular complexity index is 5310. The molecule has 372 valence electrons. The number of aromatic nitrogens is 2. The van der Waals surface area contributed by atoms with Crippen LogP contribution in [0.15, 0.2) is 279 Å². The number of nitrogens with zero attached hydrogens (tertiary/aromatic N) is 2. The molecule has 0 atom stereocenters. The molecule has 0 aliphatic rings. The Morgan fingerprint density at radius 1 is 0.200 bits per heavy atom. The minimum atomic E-state index is 1.15. The lowest BCUT2D eigenvalue weighted by molar-refractivity contribution is 1.18. The third-order valence-corrected chi connectivity index (χ3v) is 19.0. The van der Waals surface area contributed by atoms with Crippen LogP contribution in [0.5, 0.6) is 0 Å². The molecule has 4 aromatic heterocycles. The van der Waals surface area contributed by atoms with Crippen molar-refractivity contribution in [2.24, 2.45) is 0 Å². The first-order chi connectivity index (χ1) is 39.7. The van der Waals surface area contributed by atoms with Gasteiger partial charge in [-0.3, -0.25) is 0 Å². The van der Waals surface area contributed by atoms with Crippen molar-refractivity contribution < 1.29 is 0 Å². The molecule has 17 aromatic rings. The summed E-state index contributed by atoms with van der Waals surface area (Å²) >= 11 is 3.76. The lowest BCUT2D eigenvalue weighted by Crippen LogP contribution is -1.94. The molecular weight excluding hydrogens is 1000 g/mol. The first kappa shape index (κ1) is 45.2. The average Bonchev–Trinajstić information content (AvgIpc) is 4.47. The van der Waals surface area contributed by atoms with Gasteiger partial charge in [-0.15, -0.1) is 22.7 Å². The molecule has 0 saturated carbocycles. The predicted octanol–water partition coefficient (Wildman–Crippen LogP) is 22.1. The smallest absolute Gasteiger partial charge is 0.0548 e. The van der Waals surface area contributed by atoms with Crippen molar-refractivity contribution in [1.29, 1.82) is 0 Å². The normalized spacial score (nSPS) is 12.0. The number of fused-ring (bicyclic) bond motifs is 15. The lowest BCUT2D eigenvalue weighted by atomic mass is 9.91. The maximum atomic E-state index is 2.46. The van der Waals surface area contributed by atoms with E-state index in [2.05, 4.69) is 288 Å². The Hall–Kier alpha value is -9.84. The van der Waals surface area contributed by atoms with Crippen LogP contribution in [0.3, 0.4) is 0 Å². The fourth-order valence-corrected chi connectivity index (χ4v) is 15.3. The van der Waals surface area contributed by atoms with Crippen molar-refractivity contribution in [3.05, 3.63) is 279 Å². The fourth-order valence-electron chi connectivity index (χ4n) is 13.1. The monoisotopic (exact) mass is 1050 g/mol. The predicted molar refractivity (Wildman–Crippen MR) is 346 cm³/mol. The van der Waals surface area contributed by atoms with Crippen molar-refractivity contribution in [1.82, 2.24) is 9.13 Å². The molecule has 0 fully saturated rings. The van der Waals surface area contributed by atoms with Crippen LogP contribution in [-0.2, 0) is 0 Å². The van der Waals surface area contributed by atoms with E-state index in [1.54, 1.807) is 0 Å². The Morgan fingerprint density at radius 3 is 1.05 bits per heavy atom. The molecule has 0 saturated heterocycles. The van der Waals surface area contributed by atoms with Gasteiger partial charge in [0.15, 0.2) is 0 Å². The molecule has 0 unspecified atom stereocenters. The maximum Gasteiger partial charge on any atom is 0.0548 e. The second-order valence-electron chi connectivity index (χ2n) is 21.1. The average molecular weight is 1050 g/mol. The SMILES string of the molecule is c1ccc(-c2ccc(-n3c4ccc(-c5ccc(-c6ccc(-c7ccc8c(c7)c7c9c(ccc7n8-c7ccc(-c8ccccc8)cc7)sc7ccccc79)c7ccccc67)cc5)cc4c4c5c(ccc43)sc3ccccc35)cc2)cc1. The highest BCUT2D eigenvalue weighted by Gasteiger charge is 2.22. The van der Waals surface area contributed by atoms with Crippen LogP contribution in [0.4, 0.5) is 0 Å². The summed E-state index contributed by atoms with van der Waals surface area (Å²) in [5.74, 6) is 0. The molecule has 2 nitrogen and oxygen atoms in total. The highest BCUT2D eigenvalue weighted by molar-refractivity contribution is 7.26. The molecule has 17 rings (SSSR count). The summed E-state index contributed by atoms with van der Waals surface area (Å²) in [7, 11) is 0. The van der Waals surface area contributed by atoms with Crippen LogP contribution in [-0.4, -0.2) is 9.13 Å². The Morgan fingerprint density at radius 2 is 0.550 bits per heavy atom. The number of benzene rings is 13. The molecule has 0 aliphatic heterocycles. The number of hydrogen-bond acceptors (Lipinski definition) is 2. The molecule has 4 heteroatoms. The maximum absolute atomic E-state index is 2.46. The number of rotatable bonds is 7. The van der Waals surface area contributed by atoms with E-state index in [1.165, 1.54) is 150 Å². The molecule has 0 amide bonds. The van der Waals surface area contributed by atoms with Crippen LogP contribution >= 0.6 is 22.7 Å². The minimum absolute atomic E-state index is 1.15. The lowest BCUT2D eigenvalue weighted by Gasteiger charge is -2.14. The zero-order valence-electron chi connectivity index (χ0n) is 43.3. The first-order valence-corrected chi connectivity index (χ1v) is 29.0. The van der Waals surface area contributed by atoms with Gasteiger partial charge in [-0.2, -0.15) is 0 Å². The van der Waals surface area contributed by atoms with Crippen molar-refractivity contribution >= 4 is 117 Å². The number of thiophene rings is 2. The zero-order chi connectivity index (χ0) is 52.4. The summed E-state index contributed by atoms with van der Waals surface area (Å²) in [6, 6.07) is 104. The van der Waals surface area contributed by atoms with E-state index in [1.807, 2.05) is 22.7 Å². The van der Waals surface area contributed by atoms with Gasteiger partial charge in [-0.25, -0.2) is 0 Å². The molecular formula is C76H46N2S2. The van der Waals surface area contributed by atoms with Gasteiger partial charge in [-0.05, 0) is 151 Å². The molecule has 0 radical (unpaired) electrons. The highest BCUT2D eigenvalue weighted by Crippen LogP contribution is 2.47. The molecule has 0 bridgehead atoms. The van der Waals surface area contributed by atoms with Gasteiger partial charge in [0, 0.05) is 73.3 Å². The van der Waals surface area contributed by atoms with Gasteiger partial charge in [0.2, 0.25) is 0 Å². The largest absolute Gasteiger partial charge is 0.309 e. The van der Waals surface area contributed by atoms with E-state index in [9.17, 15) is 0 Å². The summed E-state index contributed by atoms with van der Waals surface area (Å²) in [4.78, 5) is 0. The van der Waals surface area contributed by atoms with E-state index in [-0.39, 0.29) is 0 Å². The van der Waals surface area contributed by atoms with Crippen LogP contribution in [0.2, 0.25) is 0 Å². The van der Waals surface area contributed by atoms with Gasteiger partial charge >= 0.3 is 0 Å². The van der Waals surface area contributed by atoms with Crippen molar-refractivity contribution in [3.8, 4) is 67.0 Å². The molecule has 4 heterocycles. The van der Waals surface area contributed by atoms with Crippen LogP contribution in [0.25, 0.3) is 162 Å². The van der Waals surface area contributed by atoms with Crippen molar-refractivity contribution in [2.75, 3.05) is 0 Å². The zero-order valence-corrected chi connectivity index (χ0v) is 44.9. The fraction of sp³-hybridized carbons (Fsp3) is 0. The van der Waals surface area contributed by atoms with Crippen LogP contribution in [0, 0.1) is 0 Å². The Kier molecular flexibility index (Phi) is 10.1. The summed E-state index contributed by atoms with van der Waals surface area (Å²) in [6.07, 6.45) is 0. The molecule has 0 spiro atoms. The molecule has 13 aromatic carbocycles. The van der Waals surface area contributed by atoms with Gasteiger partial charge in [0.05, 0.1) is 22.1 Å². The minimum Gasteiger partial charge on any atom is -0.309 e. The third-order valence-electron chi connectivity index (χ3n) is 16.8. The van der Waals surface area contributed by atoms with Crippen molar-refractivity contribution in [2.45, 2.75) is 0 Å². The second kappa shape index (κ2) is 17.9. The van der Waals surface area contributed by atoms with Crippen molar-refractivity contribution in [3.63, 3.8) is 0 Å². The van der Waals surface area contributed by atoms with Gasteiger partial charge in [0.25, 0.3) is 0 Å². The van der Waals surface area contributed by atoms with E-state index < -0.39 is 0 Å². The van der Waals surface area contributed by atoms with E-state index in [0.29, 0.717) is 0 Å². The summed E-state index contributed by atoms with van der Waals surface area (Å²) in [6.45, 7) is 0. The summed E-state index contributed by atoms with van der Waals surface area (Å²) in [5.41, 5.74) is 19.3. The summed E-state index contributed by atoms with van der Waals surface area (Å²) in [5, 5.41) is 12.9. The first-order valence-electron chi connectivity index (χ1n) is 27.4. The summed E-state index contributed by atoms with van der Waals surface area (Å²) < 4.78 is 10.2. The number of hydrogen-bond donors (Lipinski definition) is 0. The Balaban J connectivity index is 0.773. The second-order valence-corrected chi connectivity index (χ2v) is 23.3. The van der Waals surface area contributed by atoms with Crippen LogP contribution < -0.4 is 0 Å². The highest BCUT2D eigenvalue weighted by atomic mass is 32.1. The van der Waals surface area contributed by atoms with Gasteiger partial charge in [0.1, 0.15) is 0 Å². The standard InChI is InChI=1S/C76H46N2S2/c1-3-13-47(14-4-1)49-27-33-55(34-28-49)77-65-39-31-53(45-63(65)73-67(77)41-43-71-75(73)61-19-9-11-21-69(61)79-71)51-23-25-52(26-24-51)57-37-38-58(60-18-8-7-17-59(57)60)54-32-40-66-64(46-54)74-68(42-44-72-76(74)62-20-10-12-22-70(62)80-72)78(66)56-35-29-50(30-36-56)48-15-5-2-6-16-48/h1-46H.